The summed E-state index contributed by atoms with van der Waals surface area (Å²) in [5.41, 5.74) is 2.79. The molecule has 1 atom stereocenters. The molecule has 1 unspecified atom stereocenters. The van der Waals surface area contributed by atoms with Gasteiger partial charge in [0.25, 0.3) is 5.91 Å². The summed E-state index contributed by atoms with van der Waals surface area (Å²) in [6.07, 6.45) is 3.62. The number of carbonyl (C=O) groups excluding carboxylic acids is 1. The van der Waals surface area contributed by atoms with E-state index in [1.807, 2.05) is 53.4 Å². The van der Waals surface area contributed by atoms with Gasteiger partial charge in [-0.2, -0.15) is 0 Å². The van der Waals surface area contributed by atoms with Gasteiger partial charge >= 0.3 is 0 Å². The van der Waals surface area contributed by atoms with E-state index >= 15 is 0 Å². The van der Waals surface area contributed by atoms with Crippen molar-refractivity contribution < 1.29 is 9.53 Å². The quantitative estimate of drug-likeness (QED) is 0.693. The average molecular weight is 413 g/mol. The van der Waals surface area contributed by atoms with E-state index in [2.05, 4.69) is 11.8 Å². The van der Waals surface area contributed by atoms with Gasteiger partial charge in [-0.05, 0) is 42.5 Å². The summed E-state index contributed by atoms with van der Waals surface area (Å²) in [6.45, 7) is 6.06. The van der Waals surface area contributed by atoms with Crippen molar-refractivity contribution in [3.05, 3.63) is 64.7 Å². The number of nitrogens with zero attached hydrogens (tertiary/aromatic N) is 2. The summed E-state index contributed by atoms with van der Waals surface area (Å²) in [5, 5.41) is 0.535. The number of halogens is 1. The molecule has 2 aromatic carbocycles. The van der Waals surface area contributed by atoms with Gasteiger partial charge in [-0.25, -0.2) is 0 Å². The Morgan fingerprint density at radius 2 is 1.86 bits per heavy atom. The van der Waals surface area contributed by atoms with Crippen molar-refractivity contribution in [2.75, 3.05) is 37.7 Å². The number of hydrogen-bond acceptors (Lipinski definition) is 3. The zero-order chi connectivity index (χ0) is 20.2. The lowest BCUT2D eigenvalue weighted by Crippen LogP contribution is -2.42. The fraction of sp³-hybridized carbons (Fsp3) is 0.458. The monoisotopic (exact) mass is 412 g/mol. The first kappa shape index (κ1) is 20.2. The van der Waals surface area contributed by atoms with Gasteiger partial charge in [0.2, 0.25) is 0 Å². The molecule has 2 fully saturated rings. The van der Waals surface area contributed by atoms with Crippen LogP contribution in [0.2, 0.25) is 5.02 Å². The molecule has 2 aliphatic rings. The lowest BCUT2D eigenvalue weighted by atomic mass is 9.94. The number of amides is 1. The van der Waals surface area contributed by atoms with Crippen LogP contribution in [0.3, 0.4) is 0 Å². The van der Waals surface area contributed by atoms with E-state index in [0.29, 0.717) is 30.3 Å². The van der Waals surface area contributed by atoms with E-state index < -0.39 is 0 Å². The Bertz CT molecular complexity index is 834. The van der Waals surface area contributed by atoms with Gasteiger partial charge in [0.1, 0.15) is 6.10 Å². The number of carbonyl (C=O) groups is 1. The van der Waals surface area contributed by atoms with Gasteiger partial charge < -0.3 is 14.5 Å². The highest BCUT2D eigenvalue weighted by atomic mass is 35.5. The Labute approximate surface area is 178 Å². The maximum atomic E-state index is 13.1. The summed E-state index contributed by atoms with van der Waals surface area (Å²) in [6, 6.07) is 16.0. The summed E-state index contributed by atoms with van der Waals surface area (Å²) < 4.78 is 5.89. The Hall–Kier alpha value is -2.04. The van der Waals surface area contributed by atoms with Crippen molar-refractivity contribution in [3.8, 4) is 0 Å². The molecule has 0 radical (unpaired) electrons. The van der Waals surface area contributed by atoms with Gasteiger partial charge in [-0.3, -0.25) is 4.79 Å². The highest BCUT2D eigenvalue weighted by molar-refractivity contribution is 6.34. The van der Waals surface area contributed by atoms with Crippen LogP contribution in [-0.4, -0.2) is 43.6 Å². The SMILES string of the molecule is CCC1CCN(c2ccc(C(=O)N3CCOC(c4ccccc4)C3)c(Cl)c2)CC1. The maximum absolute atomic E-state index is 13.1. The van der Waals surface area contributed by atoms with Crippen molar-refractivity contribution in [1.82, 2.24) is 4.90 Å². The molecule has 4 nitrogen and oxygen atoms in total. The third kappa shape index (κ3) is 4.59. The second kappa shape index (κ2) is 9.19. The van der Waals surface area contributed by atoms with Crippen LogP contribution in [0.4, 0.5) is 5.69 Å². The Balaban J connectivity index is 1.44. The normalized spacial score (nSPS) is 20.7. The van der Waals surface area contributed by atoms with Crippen LogP contribution in [0.5, 0.6) is 0 Å². The Kier molecular flexibility index (Phi) is 6.41. The smallest absolute Gasteiger partial charge is 0.255 e. The zero-order valence-electron chi connectivity index (χ0n) is 17.0. The zero-order valence-corrected chi connectivity index (χ0v) is 17.8. The molecular formula is C24H29ClN2O2. The molecule has 2 heterocycles. The van der Waals surface area contributed by atoms with Crippen molar-refractivity contribution >= 4 is 23.2 Å². The van der Waals surface area contributed by atoms with E-state index in [1.165, 1.54) is 19.3 Å². The molecule has 0 spiro atoms. The molecule has 1 amide bonds. The number of morpholine rings is 1. The number of ether oxygens (including phenoxy) is 1. The molecule has 29 heavy (non-hydrogen) atoms. The number of rotatable bonds is 4. The van der Waals surface area contributed by atoms with Crippen LogP contribution >= 0.6 is 11.6 Å². The van der Waals surface area contributed by atoms with Gasteiger partial charge in [-0.1, -0.05) is 55.3 Å². The maximum Gasteiger partial charge on any atom is 0.255 e. The molecular weight excluding hydrogens is 384 g/mol. The highest BCUT2D eigenvalue weighted by Gasteiger charge is 2.27. The van der Waals surface area contributed by atoms with Crippen molar-refractivity contribution in [3.63, 3.8) is 0 Å². The molecule has 0 aromatic heterocycles. The average Bonchev–Trinajstić information content (AvgIpc) is 2.79. The van der Waals surface area contributed by atoms with Crippen LogP contribution in [0.15, 0.2) is 48.5 Å². The van der Waals surface area contributed by atoms with Gasteiger partial charge in [-0.15, -0.1) is 0 Å². The number of benzene rings is 2. The molecule has 0 bridgehead atoms. The third-order valence-corrected chi connectivity index (χ3v) is 6.58. The molecule has 0 N–H and O–H groups in total. The van der Waals surface area contributed by atoms with E-state index in [4.69, 9.17) is 16.3 Å². The third-order valence-electron chi connectivity index (χ3n) is 6.27. The van der Waals surface area contributed by atoms with E-state index in [0.717, 1.165) is 30.3 Å². The fourth-order valence-electron chi connectivity index (χ4n) is 4.35. The number of anilines is 1. The predicted octanol–water partition coefficient (Wildman–Crippen LogP) is 5.18. The second-order valence-electron chi connectivity index (χ2n) is 8.02. The molecule has 0 saturated carbocycles. The molecule has 2 aliphatic heterocycles. The summed E-state index contributed by atoms with van der Waals surface area (Å²) >= 11 is 6.57. The minimum atomic E-state index is -0.0909. The standard InChI is InChI=1S/C24H29ClN2O2/c1-2-18-10-12-26(13-11-18)20-8-9-21(22(25)16-20)24(28)27-14-15-29-23(17-27)19-6-4-3-5-7-19/h3-9,16,18,23H,2,10-15,17H2,1H3. The minimum absolute atomic E-state index is 0.0181. The van der Waals surface area contributed by atoms with Crippen LogP contribution in [-0.2, 0) is 4.74 Å². The minimum Gasteiger partial charge on any atom is -0.371 e. The lowest BCUT2D eigenvalue weighted by molar-refractivity contribution is -0.0228. The van der Waals surface area contributed by atoms with Crippen LogP contribution in [0.25, 0.3) is 0 Å². The first-order valence-electron chi connectivity index (χ1n) is 10.7. The predicted molar refractivity (Wildman–Crippen MR) is 118 cm³/mol. The molecule has 2 saturated heterocycles. The Morgan fingerprint density at radius 3 is 2.55 bits per heavy atom. The van der Waals surface area contributed by atoms with Crippen molar-refractivity contribution in [2.24, 2.45) is 5.92 Å². The molecule has 4 rings (SSSR count). The van der Waals surface area contributed by atoms with Crippen LogP contribution in [0.1, 0.15) is 48.2 Å². The largest absolute Gasteiger partial charge is 0.371 e. The van der Waals surface area contributed by atoms with E-state index in [-0.39, 0.29) is 12.0 Å². The summed E-state index contributed by atoms with van der Waals surface area (Å²) in [4.78, 5) is 17.4. The van der Waals surface area contributed by atoms with Gasteiger partial charge in [0.15, 0.2) is 0 Å². The first-order chi connectivity index (χ1) is 14.2. The molecule has 5 heteroatoms. The topological polar surface area (TPSA) is 32.8 Å². The van der Waals surface area contributed by atoms with Crippen molar-refractivity contribution in [1.29, 1.82) is 0 Å². The second-order valence-corrected chi connectivity index (χ2v) is 8.43. The fourth-order valence-corrected chi connectivity index (χ4v) is 4.60. The van der Waals surface area contributed by atoms with Gasteiger partial charge in [0, 0.05) is 25.3 Å². The summed E-state index contributed by atoms with van der Waals surface area (Å²) in [5.74, 6) is 0.817. The Morgan fingerprint density at radius 1 is 1.10 bits per heavy atom. The highest BCUT2D eigenvalue weighted by Crippen LogP contribution is 2.30. The number of piperidine rings is 1. The lowest BCUT2D eigenvalue weighted by Gasteiger charge is -2.34. The first-order valence-corrected chi connectivity index (χ1v) is 11.0. The molecule has 154 valence electrons. The number of hydrogen-bond donors (Lipinski definition) is 0. The molecule has 2 aromatic rings. The van der Waals surface area contributed by atoms with Crippen molar-refractivity contribution in [2.45, 2.75) is 32.3 Å². The van der Waals surface area contributed by atoms with E-state index in [9.17, 15) is 4.79 Å². The van der Waals surface area contributed by atoms with E-state index in [1.54, 1.807) is 0 Å². The van der Waals surface area contributed by atoms with Gasteiger partial charge in [0.05, 0.1) is 23.7 Å². The van der Waals surface area contributed by atoms with Crippen LogP contribution in [0, 0.1) is 5.92 Å². The summed E-state index contributed by atoms with van der Waals surface area (Å²) in [7, 11) is 0. The van der Waals surface area contributed by atoms with Crippen LogP contribution < -0.4 is 4.90 Å². The molecule has 0 aliphatic carbocycles.